The standard InChI is InChI=1S/C10H19NO/c1-9(12)11-8-7-10-5-3-2-4-6-10/h10H,2-8H2,1H3,(H,11,12). The van der Waals surface area contributed by atoms with Gasteiger partial charge in [-0.3, -0.25) is 4.79 Å². The molecule has 1 N–H and O–H groups in total. The maximum Gasteiger partial charge on any atom is 0.216 e. The molecule has 1 rings (SSSR count). The lowest BCUT2D eigenvalue weighted by Crippen LogP contribution is -2.23. The van der Waals surface area contributed by atoms with Crippen LogP contribution in [0.3, 0.4) is 0 Å². The van der Waals surface area contributed by atoms with Crippen LogP contribution in [0.4, 0.5) is 0 Å². The van der Waals surface area contributed by atoms with Gasteiger partial charge >= 0.3 is 0 Å². The van der Waals surface area contributed by atoms with Gasteiger partial charge in [-0.05, 0) is 12.3 Å². The predicted octanol–water partition coefficient (Wildman–Crippen LogP) is 2.09. The highest BCUT2D eigenvalue weighted by Crippen LogP contribution is 2.25. The van der Waals surface area contributed by atoms with Crippen LogP contribution in [0.25, 0.3) is 0 Å². The molecule has 1 amide bonds. The van der Waals surface area contributed by atoms with Crippen molar-refractivity contribution in [2.75, 3.05) is 6.54 Å². The van der Waals surface area contributed by atoms with Crippen molar-refractivity contribution in [3.63, 3.8) is 0 Å². The first-order valence-corrected chi connectivity index (χ1v) is 5.03. The highest BCUT2D eigenvalue weighted by atomic mass is 16.1. The van der Waals surface area contributed by atoms with E-state index in [1.54, 1.807) is 6.92 Å². The third-order valence-electron chi connectivity index (χ3n) is 2.65. The smallest absolute Gasteiger partial charge is 0.216 e. The highest BCUT2D eigenvalue weighted by molar-refractivity contribution is 5.72. The van der Waals surface area contributed by atoms with Crippen LogP contribution >= 0.6 is 0 Å². The second-order valence-electron chi connectivity index (χ2n) is 3.78. The summed E-state index contributed by atoms with van der Waals surface area (Å²) in [5, 5.41) is 2.85. The molecule has 70 valence electrons. The van der Waals surface area contributed by atoms with Gasteiger partial charge in [-0.25, -0.2) is 0 Å². The summed E-state index contributed by atoms with van der Waals surface area (Å²) in [4.78, 5) is 10.6. The van der Waals surface area contributed by atoms with E-state index in [4.69, 9.17) is 0 Å². The van der Waals surface area contributed by atoms with Crippen LogP contribution in [-0.2, 0) is 4.79 Å². The van der Waals surface area contributed by atoms with Crippen molar-refractivity contribution in [2.45, 2.75) is 45.4 Å². The fourth-order valence-electron chi connectivity index (χ4n) is 1.93. The molecule has 0 unspecified atom stereocenters. The minimum absolute atomic E-state index is 0.103. The molecule has 12 heavy (non-hydrogen) atoms. The molecule has 0 atom stereocenters. The molecule has 0 radical (unpaired) electrons. The van der Waals surface area contributed by atoms with Gasteiger partial charge in [0.15, 0.2) is 0 Å². The van der Waals surface area contributed by atoms with E-state index in [0.717, 1.165) is 12.5 Å². The molecule has 0 bridgehead atoms. The van der Waals surface area contributed by atoms with Crippen LogP contribution in [0.5, 0.6) is 0 Å². The molecule has 1 aliphatic rings. The molecule has 0 aliphatic heterocycles. The van der Waals surface area contributed by atoms with Crippen LogP contribution in [0.15, 0.2) is 0 Å². The molecule has 0 aromatic rings. The number of nitrogens with one attached hydrogen (secondary N) is 1. The van der Waals surface area contributed by atoms with Crippen molar-refractivity contribution < 1.29 is 4.79 Å². The fourth-order valence-corrected chi connectivity index (χ4v) is 1.93. The first kappa shape index (κ1) is 9.56. The van der Waals surface area contributed by atoms with E-state index >= 15 is 0 Å². The zero-order chi connectivity index (χ0) is 8.81. The molecule has 1 saturated carbocycles. The number of carbonyl (C=O) groups is 1. The molecule has 0 spiro atoms. The van der Waals surface area contributed by atoms with Gasteiger partial charge in [0.1, 0.15) is 0 Å². The van der Waals surface area contributed by atoms with Gasteiger partial charge in [0.2, 0.25) is 5.91 Å². The van der Waals surface area contributed by atoms with Gasteiger partial charge in [-0.2, -0.15) is 0 Å². The predicted molar refractivity (Wildman–Crippen MR) is 49.9 cm³/mol. The van der Waals surface area contributed by atoms with Crippen LogP contribution < -0.4 is 5.32 Å². The van der Waals surface area contributed by atoms with Crippen LogP contribution in [-0.4, -0.2) is 12.5 Å². The Labute approximate surface area is 74.7 Å². The Balaban J connectivity index is 2.01. The number of hydrogen-bond acceptors (Lipinski definition) is 1. The summed E-state index contributed by atoms with van der Waals surface area (Å²) in [6.07, 6.45) is 8.13. The zero-order valence-corrected chi connectivity index (χ0v) is 7.94. The fraction of sp³-hybridized carbons (Fsp3) is 0.900. The number of carbonyl (C=O) groups excluding carboxylic acids is 1. The van der Waals surface area contributed by atoms with Gasteiger partial charge in [0, 0.05) is 13.5 Å². The maximum atomic E-state index is 10.6. The summed E-state index contributed by atoms with van der Waals surface area (Å²) in [5.74, 6) is 0.983. The largest absolute Gasteiger partial charge is 0.356 e. The maximum absolute atomic E-state index is 10.6. The second kappa shape index (κ2) is 5.18. The minimum Gasteiger partial charge on any atom is -0.356 e. The Kier molecular flexibility index (Phi) is 4.12. The molecular formula is C10H19NO. The molecule has 0 heterocycles. The first-order chi connectivity index (χ1) is 5.79. The van der Waals surface area contributed by atoms with E-state index in [2.05, 4.69) is 5.32 Å². The summed E-state index contributed by atoms with van der Waals surface area (Å²) in [6, 6.07) is 0. The summed E-state index contributed by atoms with van der Waals surface area (Å²) in [7, 11) is 0. The van der Waals surface area contributed by atoms with Crippen molar-refractivity contribution in [3.05, 3.63) is 0 Å². The summed E-state index contributed by atoms with van der Waals surface area (Å²) in [5.41, 5.74) is 0. The van der Waals surface area contributed by atoms with Crippen molar-refractivity contribution in [3.8, 4) is 0 Å². The van der Waals surface area contributed by atoms with Gasteiger partial charge in [0.25, 0.3) is 0 Å². The van der Waals surface area contributed by atoms with Crippen molar-refractivity contribution >= 4 is 5.91 Å². The van der Waals surface area contributed by atoms with Gasteiger partial charge in [0.05, 0.1) is 0 Å². The molecule has 0 aromatic heterocycles. The normalized spacial score (nSPS) is 19.1. The third kappa shape index (κ3) is 3.74. The minimum atomic E-state index is 0.103. The molecule has 1 aliphatic carbocycles. The average Bonchev–Trinajstić information content (AvgIpc) is 2.05. The van der Waals surface area contributed by atoms with Crippen LogP contribution in [0, 0.1) is 5.92 Å². The lowest BCUT2D eigenvalue weighted by atomic mass is 9.87. The molecule has 0 saturated heterocycles. The Morgan fingerprint density at radius 1 is 1.33 bits per heavy atom. The number of rotatable bonds is 3. The van der Waals surface area contributed by atoms with Crippen molar-refractivity contribution in [2.24, 2.45) is 5.92 Å². The van der Waals surface area contributed by atoms with E-state index in [1.165, 1.54) is 38.5 Å². The summed E-state index contributed by atoms with van der Waals surface area (Å²) >= 11 is 0. The molecular weight excluding hydrogens is 150 g/mol. The second-order valence-corrected chi connectivity index (χ2v) is 3.78. The van der Waals surface area contributed by atoms with Crippen molar-refractivity contribution in [1.29, 1.82) is 0 Å². The number of amides is 1. The average molecular weight is 169 g/mol. The molecule has 1 fully saturated rings. The lowest BCUT2D eigenvalue weighted by molar-refractivity contribution is -0.119. The van der Waals surface area contributed by atoms with Gasteiger partial charge < -0.3 is 5.32 Å². The Morgan fingerprint density at radius 2 is 2.00 bits per heavy atom. The summed E-state index contributed by atoms with van der Waals surface area (Å²) in [6.45, 7) is 2.46. The lowest BCUT2D eigenvalue weighted by Gasteiger charge is -2.21. The van der Waals surface area contributed by atoms with E-state index in [1.807, 2.05) is 0 Å². The van der Waals surface area contributed by atoms with Gasteiger partial charge in [-0.15, -0.1) is 0 Å². The third-order valence-corrected chi connectivity index (χ3v) is 2.65. The molecule has 2 heteroatoms. The van der Waals surface area contributed by atoms with E-state index in [9.17, 15) is 4.79 Å². The highest BCUT2D eigenvalue weighted by Gasteiger charge is 2.12. The molecule has 2 nitrogen and oxygen atoms in total. The Bertz CT molecular complexity index is 139. The Hall–Kier alpha value is -0.530. The van der Waals surface area contributed by atoms with Crippen LogP contribution in [0.2, 0.25) is 0 Å². The monoisotopic (exact) mass is 169 g/mol. The zero-order valence-electron chi connectivity index (χ0n) is 7.94. The molecule has 0 aromatic carbocycles. The summed E-state index contributed by atoms with van der Waals surface area (Å²) < 4.78 is 0. The van der Waals surface area contributed by atoms with E-state index < -0.39 is 0 Å². The van der Waals surface area contributed by atoms with Crippen molar-refractivity contribution in [1.82, 2.24) is 5.32 Å². The van der Waals surface area contributed by atoms with E-state index in [0.29, 0.717) is 0 Å². The quantitative estimate of drug-likeness (QED) is 0.688. The van der Waals surface area contributed by atoms with Crippen LogP contribution in [0.1, 0.15) is 45.4 Å². The van der Waals surface area contributed by atoms with E-state index in [-0.39, 0.29) is 5.91 Å². The number of hydrogen-bond donors (Lipinski definition) is 1. The first-order valence-electron chi connectivity index (χ1n) is 5.03. The van der Waals surface area contributed by atoms with Gasteiger partial charge in [-0.1, -0.05) is 32.1 Å². The SMILES string of the molecule is CC(=O)NCCC1CCCCC1. The Morgan fingerprint density at radius 3 is 2.58 bits per heavy atom. The topological polar surface area (TPSA) is 29.1 Å².